The van der Waals surface area contributed by atoms with Crippen molar-refractivity contribution >= 4 is 11.9 Å². The summed E-state index contributed by atoms with van der Waals surface area (Å²) < 4.78 is 0. The van der Waals surface area contributed by atoms with Crippen LogP contribution in [0.15, 0.2) is 0 Å². The third-order valence-electron chi connectivity index (χ3n) is 3.45. The van der Waals surface area contributed by atoms with E-state index in [1.165, 1.54) is 0 Å². The van der Waals surface area contributed by atoms with Gasteiger partial charge in [-0.1, -0.05) is 12.8 Å². The van der Waals surface area contributed by atoms with Crippen molar-refractivity contribution in [2.24, 2.45) is 0 Å². The van der Waals surface area contributed by atoms with E-state index in [9.17, 15) is 14.7 Å². The Bertz CT molecular complexity index is 296. The van der Waals surface area contributed by atoms with E-state index in [1.54, 1.807) is 0 Å². The molecule has 0 aromatic rings. The topological polar surface area (TPSA) is 89.9 Å². The molecule has 1 aliphatic rings. The van der Waals surface area contributed by atoms with Crippen LogP contribution in [-0.2, 0) is 9.59 Å². The van der Waals surface area contributed by atoms with E-state index in [1.807, 2.05) is 4.90 Å². The first-order chi connectivity index (χ1) is 9.13. The monoisotopic (exact) mass is 272 g/mol. The molecule has 0 aliphatic carbocycles. The SMILES string of the molecule is O=C(O)CCCNC(=O)CN1CCCCCC1CO. The highest BCUT2D eigenvalue weighted by molar-refractivity contribution is 5.78. The number of nitrogens with one attached hydrogen (secondary N) is 1. The number of likely N-dealkylation sites (tertiary alicyclic amines) is 1. The molecule has 1 aliphatic heterocycles. The molecule has 0 bridgehead atoms. The second-order valence-corrected chi connectivity index (χ2v) is 5.00. The quantitative estimate of drug-likeness (QED) is 0.576. The molecule has 0 spiro atoms. The molecule has 0 radical (unpaired) electrons. The van der Waals surface area contributed by atoms with Gasteiger partial charge in [-0.3, -0.25) is 14.5 Å². The molecule has 0 aromatic carbocycles. The predicted octanol–water partition coefficient (Wildman–Crippen LogP) is 0.204. The average molecular weight is 272 g/mol. The maximum absolute atomic E-state index is 11.7. The Morgan fingerprint density at radius 3 is 2.74 bits per heavy atom. The number of aliphatic hydroxyl groups excluding tert-OH is 1. The summed E-state index contributed by atoms with van der Waals surface area (Å²) in [5.41, 5.74) is 0. The largest absolute Gasteiger partial charge is 0.481 e. The van der Waals surface area contributed by atoms with Crippen molar-refractivity contribution in [3.05, 3.63) is 0 Å². The number of rotatable bonds is 7. The van der Waals surface area contributed by atoms with Crippen molar-refractivity contribution in [2.75, 3.05) is 26.2 Å². The van der Waals surface area contributed by atoms with Crippen molar-refractivity contribution in [1.82, 2.24) is 10.2 Å². The first-order valence-corrected chi connectivity index (χ1v) is 6.97. The third kappa shape index (κ3) is 6.54. The molecule has 1 fully saturated rings. The molecule has 110 valence electrons. The second kappa shape index (κ2) is 8.87. The summed E-state index contributed by atoms with van der Waals surface area (Å²) in [6, 6.07) is 0.0762. The second-order valence-electron chi connectivity index (χ2n) is 5.00. The van der Waals surface area contributed by atoms with Gasteiger partial charge in [-0.25, -0.2) is 0 Å². The minimum absolute atomic E-state index is 0.0727. The zero-order valence-corrected chi connectivity index (χ0v) is 11.3. The molecule has 3 N–H and O–H groups in total. The molecule has 1 atom stereocenters. The molecule has 6 nitrogen and oxygen atoms in total. The van der Waals surface area contributed by atoms with Crippen LogP contribution >= 0.6 is 0 Å². The third-order valence-corrected chi connectivity index (χ3v) is 3.45. The van der Waals surface area contributed by atoms with Gasteiger partial charge in [-0.15, -0.1) is 0 Å². The lowest BCUT2D eigenvalue weighted by Gasteiger charge is -2.27. The number of hydrogen-bond donors (Lipinski definition) is 3. The fraction of sp³-hybridized carbons (Fsp3) is 0.846. The fourth-order valence-electron chi connectivity index (χ4n) is 2.36. The van der Waals surface area contributed by atoms with Crippen molar-refractivity contribution in [3.63, 3.8) is 0 Å². The summed E-state index contributed by atoms with van der Waals surface area (Å²) in [4.78, 5) is 24.1. The molecule has 0 aromatic heterocycles. The van der Waals surface area contributed by atoms with Crippen LogP contribution in [-0.4, -0.2) is 59.3 Å². The van der Waals surface area contributed by atoms with Crippen molar-refractivity contribution in [3.8, 4) is 0 Å². The normalized spacial score (nSPS) is 20.8. The molecular weight excluding hydrogens is 248 g/mol. The van der Waals surface area contributed by atoms with Gasteiger partial charge in [0.15, 0.2) is 0 Å². The first-order valence-electron chi connectivity index (χ1n) is 6.97. The van der Waals surface area contributed by atoms with Crippen LogP contribution in [0.5, 0.6) is 0 Å². The van der Waals surface area contributed by atoms with E-state index in [-0.39, 0.29) is 31.5 Å². The lowest BCUT2D eigenvalue weighted by atomic mass is 10.1. The number of carbonyl (C=O) groups excluding carboxylic acids is 1. The van der Waals surface area contributed by atoms with Gasteiger partial charge in [0.1, 0.15) is 0 Å². The first kappa shape index (κ1) is 15.9. The molecule has 6 heteroatoms. The molecule has 0 saturated carbocycles. The zero-order chi connectivity index (χ0) is 14.1. The molecule has 1 rings (SSSR count). The highest BCUT2D eigenvalue weighted by atomic mass is 16.4. The van der Waals surface area contributed by atoms with Gasteiger partial charge >= 0.3 is 5.97 Å². The Balaban J connectivity index is 2.26. The van der Waals surface area contributed by atoms with Gasteiger partial charge < -0.3 is 15.5 Å². The number of nitrogens with zero attached hydrogens (tertiary/aromatic N) is 1. The standard InChI is InChI=1S/C13H24N2O4/c16-10-11-5-2-1-3-8-15(11)9-12(17)14-7-4-6-13(18)19/h11,16H,1-10H2,(H,14,17)(H,18,19). The van der Waals surface area contributed by atoms with Crippen molar-refractivity contribution < 1.29 is 19.8 Å². The van der Waals surface area contributed by atoms with E-state index < -0.39 is 5.97 Å². The number of carboxylic acids is 1. The Hall–Kier alpha value is -1.14. The highest BCUT2D eigenvalue weighted by Crippen LogP contribution is 2.15. The fourth-order valence-corrected chi connectivity index (χ4v) is 2.36. The van der Waals surface area contributed by atoms with Crippen LogP contribution in [0, 0.1) is 0 Å². The highest BCUT2D eigenvalue weighted by Gasteiger charge is 2.21. The van der Waals surface area contributed by atoms with Gasteiger partial charge in [0.05, 0.1) is 13.2 Å². The minimum atomic E-state index is -0.845. The number of carbonyl (C=O) groups is 2. The lowest BCUT2D eigenvalue weighted by molar-refractivity contribution is -0.137. The van der Waals surface area contributed by atoms with Crippen molar-refractivity contribution in [1.29, 1.82) is 0 Å². The molecule has 1 amide bonds. The Kier molecular flexibility index (Phi) is 7.43. The van der Waals surface area contributed by atoms with Crippen LogP contribution in [0.4, 0.5) is 0 Å². The zero-order valence-electron chi connectivity index (χ0n) is 11.3. The molecule has 1 unspecified atom stereocenters. The van der Waals surface area contributed by atoms with Gasteiger partial charge in [-0.2, -0.15) is 0 Å². The van der Waals surface area contributed by atoms with E-state index in [4.69, 9.17) is 5.11 Å². The summed E-state index contributed by atoms with van der Waals surface area (Å²) in [5.74, 6) is -0.937. The van der Waals surface area contributed by atoms with E-state index >= 15 is 0 Å². The van der Waals surface area contributed by atoms with Gasteiger partial charge in [0, 0.05) is 19.0 Å². The maximum atomic E-state index is 11.7. The van der Waals surface area contributed by atoms with E-state index in [2.05, 4.69) is 5.32 Å². The predicted molar refractivity (Wildman–Crippen MR) is 70.8 cm³/mol. The van der Waals surface area contributed by atoms with Crippen LogP contribution in [0.2, 0.25) is 0 Å². The van der Waals surface area contributed by atoms with Crippen molar-refractivity contribution in [2.45, 2.75) is 44.6 Å². The van der Waals surface area contributed by atoms with E-state index in [0.717, 1.165) is 32.2 Å². The number of hydrogen-bond acceptors (Lipinski definition) is 4. The smallest absolute Gasteiger partial charge is 0.303 e. The lowest BCUT2D eigenvalue weighted by Crippen LogP contribution is -2.44. The summed E-state index contributed by atoms with van der Waals surface area (Å²) in [5, 5.41) is 20.5. The number of aliphatic hydroxyl groups is 1. The summed E-state index contributed by atoms with van der Waals surface area (Å²) in [6.45, 7) is 1.61. The molecule has 1 heterocycles. The summed E-state index contributed by atoms with van der Waals surface area (Å²) >= 11 is 0. The van der Waals surface area contributed by atoms with Gasteiger partial charge in [0.25, 0.3) is 0 Å². The maximum Gasteiger partial charge on any atom is 0.303 e. The Morgan fingerprint density at radius 2 is 2.05 bits per heavy atom. The molecule has 1 saturated heterocycles. The van der Waals surface area contributed by atoms with Gasteiger partial charge in [0.2, 0.25) is 5.91 Å². The number of amides is 1. The summed E-state index contributed by atoms with van der Waals surface area (Å²) in [7, 11) is 0. The Labute approximate surface area is 113 Å². The van der Waals surface area contributed by atoms with Gasteiger partial charge in [-0.05, 0) is 25.8 Å². The molecular formula is C13H24N2O4. The number of aliphatic carboxylic acids is 1. The van der Waals surface area contributed by atoms with E-state index in [0.29, 0.717) is 13.0 Å². The van der Waals surface area contributed by atoms with Crippen LogP contribution in [0.3, 0.4) is 0 Å². The van der Waals surface area contributed by atoms with Crippen LogP contribution < -0.4 is 5.32 Å². The number of carboxylic acid groups (broad SMARTS) is 1. The van der Waals surface area contributed by atoms with Crippen LogP contribution in [0.25, 0.3) is 0 Å². The average Bonchev–Trinajstić information content (AvgIpc) is 2.59. The Morgan fingerprint density at radius 1 is 1.26 bits per heavy atom. The van der Waals surface area contributed by atoms with Crippen LogP contribution in [0.1, 0.15) is 38.5 Å². The minimum Gasteiger partial charge on any atom is -0.481 e. The molecule has 19 heavy (non-hydrogen) atoms. The summed E-state index contributed by atoms with van der Waals surface area (Å²) in [6.07, 6.45) is 4.76.